The topological polar surface area (TPSA) is 88.4 Å². The van der Waals surface area contributed by atoms with Gasteiger partial charge in [0.05, 0.1) is 17.7 Å². The van der Waals surface area contributed by atoms with Crippen molar-refractivity contribution in [1.82, 2.24) is 10.0 Å². The van der Waals surface area contributed by atoms with Crippen molar-refractivity contribution in [3.63, 3.8) is 0 Å². The van der Waals surface area contributed by atoms with Crippen LogP contribution >= 0.6 is 0 Å². The summed E-state index contributed by atoms with van der Waals surface area (Å²) in [5.41, 5.74) is 1.12. The zero-order chi connectivity index (χ0) is 19.3. The summed E-state index contributed by atoms with van der Waals surface area (Å²) in [6.07, 6.45) is 1.52. The summed E-state index contributed by atoms with van der Waals surface area (Å²) < 4.78 is 33.2. The fraction of sp³-hybridized carbons (Fsp3) is 0.150. The molecule has 0 bridgehead atoms. The molecular weight excluding hydrogens is 364 g/mol. The van der Waals surface area contributed by atoms with Crippen LogP contribution in [0.2, 0.25) is 0 Å². The van der Waals surface area contributed by atoms with E-state index in [1.807, 2.05) is 30.3 Å². The standard InChI is InChI=1S/C20H20N2O4S/c1-15(16-7-3-2-4-8-16)22-27(24,25)19-11-5-9-17(13-19)20(23)21-14-18-10-6-12-26-18/h2-13,15,22H,14H2,1H3,(H,21,23)/t15-/m1/s1. The Kier molecular flexibility index (Phi) is 5.73. The molecule has 1 amide bonds. The molecule has 0 unspecified atom stereocenters. The molecule has 6 nitrogen and oxygen atoms in total. The maximum atomic E-state index is 12.7. The summed E-state index contributed by atoms with van der Waals surface area (Å²) in [5.74, 6) is 0.241. The number of hydrogen-bond acceptors (Lipinski definition) is 4. The lowest BCUT2D eigenvalue weighted by Gasteiger charge is -2.15. The molecule has 0 aliphatic heterocycles. The van der Waals surface area contributed by atoms with Gasteiger partial charge in [0.15, 0.2) is 0 Å². The molecule has 2 aromatic carbocycles. The highest BCUT2D eigenvalue weighted by Gasteiger charge is 2.19. The largest absolute Gasteiger partial charge is 0.467 e. The van der Waals surface area contributed by atoms with E-state index in [4.69, 9.17) is 4.42 Å². The molecule has 140 valence electrons. The van der Waals surface area contributed by atoms with Crippen LogP contribution in [0.15, 0.2) is 82.3 Å². The number of hydrogen-bond donors (Lipinski definition) is 2. The first-order chi connectivity index (χ1) is 13.0. The predicted octanol–water partition coefficient (Wildman–Crippen LogP) is 3.25. The minimum atomic E-state index is -3.77. The molecule has 2 N–H and O–H groups in total. The van der Waals surface area contributed by atoms with Crippen molar-refractivity contribution in [3.8, 4) is 0 Å². The maximum Gasteiger partial charge on any atom is 0.251 e. The van der Waals surface area contributed by atoms with Crippen molar-refractivity contribution in [1.29, 1.82) is 0 Å². The molecule has 0 aliphatic rings. The Labute approximate surface area is 158 Å². The molecule has 1 aromatic heterocycles. The van der Waals surface area contributed by atoms with Crippen LogP contribution in [-0.2, 0) is 16.6 Å². The Balaban J connectivity index is 1.72. The lowest BCUT2D eigenvalue weighted by Crippen LogP contribution is -2.27. The molecule has 3 aromatic rings. The number of benzene rings is 2. The summed E-state index contributed by atoms with van der Waals surface area (Å²) in [6.45, 7) is 2.00. The van der Waals surface area contributed by atoms with Crippen molar-refractivity contribution in [2.75, 3.05) is 0 Å². The first kappa shape index (κ1) is 18.9. The van der Waals surface area contributed by atoms with E-state index in [0.29, 0.717) is 5.76 Å². The van der Waals surface area contributed by atoms with Gasteiger partial charge in [0, 0.05) is 11.6 Å². The van der Waals surface area contributed by atoms with Crippen LogP contribution in [0.4, 0.5) is 0 Å². The Hall–Kier alpha value is -2.90. The van der Waals surface area contributed by atoms with Gasteiger partial charge in [0.1, 0.15) is 5.76 Å². The fourth-order valence-corrected chi connectivity index (χ4v) is 3.88. The molecule has 7 heteroatoms. The van der Waals surface area contributed by atoms with E-state index in [1.165, 1.54) is 18.4 Å². The molecule has 0 saturated carbocycles. The average Bonchev–Trinajstić information content (AvgIpc) is 3.20. The highest BCUT2D eigenvalue weighted by Crippen LogP contribution is 2.17. The molecule has 1 heterocycles. The fourth-order valence-electron chi connectivity index (χ4n) is 2.60. The molecular formula is C20H20N2O4S. The quantitative estimate of drug-likeness (QED) is 0.654. The van der Waals surface area contributed by atoms with Crippen LogP contribution in [0.1, 0.15) is 34.6 Å². The van der Waals surface area contributed by atoms with E-state index in [0.717, 1.165) is 5.56 Å². The van der Waals surface area contributed by atoms with Gasteiger partial charge in [-0.1, -0.05) is 36.4 Å². The number of carbonyl (C=O) groups is 1. The minimum absolute atomic E-state index is 0.0379. The lowest BCUT2D eigenvalue weighted by atomic mass is 10.1. The van der Waals surface area contributed by atoms with Crippen LogP contribution in [0, 0.1) is 0 Å². The van der Waals surface area contributed by atoms with Gasteiger partial charge in [-0.2, -0.15) is 0 Å². The molecule has 0 fully saturated rings. The van der Waals surface area contributed by atoms with E-state index in [2.05, 4.69) is 10.0 Å². The number of nitrogens with one attached hydrogen (secondary N) is 2. The van der Waals surface area contributed by atoms with Crippen molar-refractivity contribution in [2.24, 2.45) is 0 Å². The van der Waals surface area contributed by atoms with Gasteiger partial charge in [-0.3, -0.25) is 4.79 Å². The van der Waals surface area contributed by atoms with Gasteiger partial charge >= 0.3 is 0 Å². The zero-order valence-electron chi connectivity index (χ0n) is 14.8. The van der Waals surface area contributed by atoms with Gasteiger partial charge in [-0.15, -0.1) is 0 Å². The zero-order valence-corrected chi connectivity index (χ0v) is 15.6. The average molecular weight is 384 g/mol. The molecule has 0 radical (unpaired) electrons. The van der Waals surface area contributed by atoms with Crippen LogP contribution in [0.25, 0.3) is 0 Å². The molecule has 1 atom stereocenters. The third-order valence-electron chi connectivity index (χ3n) is 4.04. The first-order valence-electron chi connectivity index (χ1n) is 8.43. The van der Waals surface area contributed by atoms with E-state index >= 15 is 0 Å². The minimum Gasteiger partial charge on any atom is -0.467 e. The Morgan fingerprint density at radius 3 is 2.52 bits per heavy atom. The van der Waals surface area contributed by atoms with E-state index in [9.17, 15) is 13.2 Å². The SMILES string of the molecule is C[C@@H](NS(=O)(=O)c1cccc(C(=O)NCc2ccco2)c1)c1ccccc1. The normalized spacial score (nSPS) is 12.5. The monoisotopic (exact) mass is 384 g/mol. The Morgan fingerprint density at radius 1 is 1.04 bits per heavy atom. The molecule has 0 spiro atoms. The maximum absolute atomic E-state index is 12.7. The molecule has 27 heavy (non-hydrogen) atoms. The lowest BCUT2D eigenvalue weighted by molar-refractivity contribution is 0.0948. The second kappa shape index (κ2) is 8.20. The molecule has 3 rings (SSSR count). The summed E-state index contributed by atoms with van der Waals surface area (Å²) in [7, 11) is -3.77. The van der Waals surface area contributed by atoms with E-state index in [1.54, 1.807) is 31.2 Å². The Bertz CT molecular complexity index is 999. The highest BCUT2D eigenvalue weighted by atomic mass is 32.2. The highest BCUT2D eigenvalue weighted by molar-refractivity contribution is 7.89. The van der Waals surface area contributed by atoms with Crippen LogP contribution in [0.3, 0.4) is 0 Å². The number of carbonyl (C=O) groups excluding carboxylic acids is 1. The van der Waals surface area contributed by atoms with Crippen molar-refractivity contribution in [2.45, 2.75) is 24.4 Å². The van der Waals surface area contributed by atoms with Gasteiger partial charge < -0.3 is 9.73 Å². The second-order valence-corrected chi connectivity index (χ2v) is 7.76. The van der Waals surface area contributed by atoms with Gasteiger partial charge in [-0.05, 0) is 42.8 Å². The number of rotatable bonds is 7. The van der Waals surface area contributed by atoms with E-state index < -0.39 is 16.1 Å². The van der Waals surface area contributed by atoms with Crippen LogP contribution in [-0.4, -0.2) is 14.3 Å². The third-order valence-corrected chi connectivity index (χ3v) is 5.58. The number of sulfonamides is 1. The third kappa shape index (κ3) is 4.84. The number of furan rings is 1. The van der Waals surface area contributed by atoms with E-state index in [-0.39, 0.29) is 22.9 Å². The number of amides is 1. The smallest absolute Gasteiger partial charge is 0.251 e. The van der Waals surface area contributed by atoms with Gasteiger partial charge in [-0.25, -0.2) is 13.1 Å². The van der Waals surface area contributed by atoms with Crippen molar-refractivity contribution >= 4 is 15.9 Å². The van der Waals surface area contributed by atoms with Crippen LogP contribution in [0.5, 0.6) is 0 Å². The van der Waals surface area contributed by atoms with Gasteiger partial charge in [0.2, 0.25) is 10.0 Å². The predicted molar refractivity (Wildman–Crippen MR) is 101 cm³/mol. The summed E-state index contributed by atoms with van der Waals surface area (Å²) >= 11 is 0. The van der Waals surface area contributed by atoms with Crippen molar-refractivity contribution < 1.29 is 17.6 Å². The summed E-state index contributed by atoms with van der Waals surface area (Å²) in [4.78, 5) is 12.3. The van der Waals surface area contributed by atoms with Crippen molar-refractivity contribution in [3.05, 3.63) is 89.9 Å². The molecule has 0 aliphatic carbocycles. The van der Waals surface area contributed by atoms with Gasteiger partial charge in [0.25, 0.3) is 5.91 Å². The Morgan fingerprint density at radius 2 is 1.81 bits per heavy atom. The van der Waals surface area contributed by atoms with Crippen LogP contribution < -0.4 is 10.0 Å². The second-order valence-electron chi connectivity index (χ2n) is 6.04. The summed E-state index contributed by atoms with van der Waals surface area (Å²) in [5, 5.41) is 2.70. The molecule has 0 saturated heterocycles. The first-order valence-corrected chi connectivity index (χ1v) is 9.92. The summed E-state index contributed by atoms with van der Waals surface area (Å²) in [6, 6.07) is 18.3.